The van der Waals surface area contributed by atoms with Gasteiger partial charge in [0.15, 0.2) is 5.82 Å². The molecule has 0 aliphatic rings. The third-order valence-electron chi connectivity index (χ3n) is 4.61. The molecule has 0 saturated carbocycles. The van der Waals surface area contributed by atoms with Crippen LogP contribution in [0.5, 0.6) is 5.75 Å². The highest BCUT2D eigenvalue weighted by Crippen LogP contribution is 2.27. The molecule has 164 valence electrons. The summed E-state index contributed by atoms with van der Waals surface area (Å²) in [5.74, 6) is 1.96. The van der Waals surface area contributed by atoms with Crippen molar-refractivity contribution in [2.24, 2.45) is 0 Å². The van der Waals surface area contributed by atoms with Gasteiger partial charge in [-0.25, -0.2) is 0 Å². The zero-order valence-corrected chi connectivity index (χ0v) is 18.6. The second kappa shape index (κ2) is 10.5. The van der Waals surface area contributed by atoms with Gasteiger partial charge in [0.2, 0.25) is 5.89 Å². The number of carbonyl (C=O) groups is 1. The van der Waals surface area contributed by atoms with Crippen LogP contribution < -0.4 is 10.1 Å². The van der Waals surface area contributed by atoms with Gasteiger partial charge in [0, 0.05) is 16.6 Å². The fraction of sp³-hybridized carbons (Fsp3) is 0.120. The van der Waals surface area contributed by atoms with E-state index in [1.165, 1.54) is 11.8 Å². The molecule has 4 rings (SSSR count). The number of anilines is 1. The van der Waals surface area contributed by atoms with Gasteiger partial charge in [-0.3, -0.25) is 4.79 Å². The van der Waals surface area contributed by atoms with Gasteiger partial charge in [0.05, 0.1) is 22.9 Å². The third kappa shape index (κ3) is 5.99. The number of nitrogens with zero attached hydrogens (tertiary/aromatic N) is 3. The Morgan fingerprint density at radius 3 is 2.79 bits per heavy atom. The quantitative estimate of drug-likeness (QED) is 0.356. The molecule has 0 atom stereocenters. The van der Waals surface area contributed by atoms with Crippen LogP contribution in [0.1, 0.15) is 33.2 Å². The Balaban J connectivity index is 1.41. The molecule has 0 aliphatic heterocycles. The Hall–Kier alpha value is -4.09. The van der Waals surface area contributed by atoms with Crippen LogP contribution in [0.25, 0.3) is 0 Å². The maximum absolute atomic E-state index is 13.0. The summed E-state index contributed by atoms with van der Waals surface area (Å²) in [6.45, 7) is 2.09. The molecule has 0 saturated heterocycles. The molecule has 1 aromatic heterocycles. The Bertz CT molecular complexity index is 1310. The summed E-state index contributed by atoms with van der Waals surface area (Å²) >= 11 is 1.46. The second-order valence-electron chi connectivity index (χ2n) is 7.10. The average molecular weight is 457 g/mol. The monoisotopic (exact) mass is 456 g/mol. The van der Waals surface area contributed by atoms with Crippen molar-refractivity contribution in [3.05, 3.63) is 101 Å². The van der Waals surface area contributed by atoms with Gasteiger partial charge in [-0.05, 0) is 48.9 Å². The number of nitrogens with one attached hydrogen (secondary N) is 1. The fourth-order valence-corrected chi connectivity index (χ4v) is 3.96. The van der Waals surface area contributed by atoms with E-state index in [-0.39, 0.29) is 5.91 Å². The molecule has 3 aromatic carbocycles. The first kappa shape index (κ1) is 22.1. The van der Waals surface area contributed by atoms with Crippen LogP contribution >= 0.6 is 11.8 Å². The largest absolute Gasteiger partial charge is 0.489 e. The van der Waals surface area contributed by atoms with Gasteiger partial charge >= 0.3 is 0 Å². The lowest BCUT2D eigenvalue weighted by atomic mass is 10.1. The van der Waals surface area contributed by atoms with E-state index in [4.69, 9.17) is 14.5 Å². The van der Waals surface area contributed by atoms with Gasteiger partial charge in [0.1, 0.15) is 12.4 Å². The molecular formula is C25H20N4O3S. The Morgan fingerprint density at radius 1 is 1.12 bits per heavy atom. The minimum atomic E-state index is -0.223. The predicted octanol–water partition coefficient (Wildman–Crippen LogP) is 5.37. The van der Waals surface area contributed by atoms with E-state index in [0.29, 0.717) is 46.6 Å². The van der Waals surface area contributed by atoms with Crippen LogP contribution in [0.15, 0.2) is 82.2 Å². The number of rotatable bonds is 8. The lowest BCUT2D eigenvalue weighted by Gasteiger charge is -2.11. The number of nitriles is 1. The maximum atomic E-state index is 13.0. The molecule has 1 N–H and O–H groups in total. The molecule has 0 spiro atoms. The maximum Gasteiger partial charge on any atom is 0.256 e. The highest BCUT2D eigenvalue weighted by atomic mass is 32.2. The molecule has 0 aliphatic carbocycles. The average Bonchev–Trinajstić information content (AvgIpc) is 3.27. The van der Waals surface area contributed by atoms with E-state index in [9.17, 15) is 4.79 Å². The minimum Gasteiger partial charge on any atom is -0.489 e. The van der Waals surface area contributed by atoms with Crippen LogP contribution in [-0.2, 0) is 12.4 Å². The molecule has 0 fully saturated rings. The normalized spacial score (nSPS) is 10.4. The number of hydrogen-bond donors (Lipinski definition) is 1. The van der Waals surface area contributed by atoms with E-state index in [1.54, 1.807) is 37.3 Å². The molecule has 4 aromatic rings. The van der Waals surface area contributed by atoms with E-state index in [1.807, 2.05) is 42.5 Å². The fourth-order valence-electron chi connectivity index (χ4n) is 3.08. The summed E-state index contributed by atoms with van der Waals surface area (Å²) in [5.41, 5.74) is 2.66. The lowest BCUT2D eigenvalue weighted by molar-refractivity contribution is 0.102. The number of hydrogen-bond acceptors (Lipinski definition) is 7. The Morgan fingerprint density at radius 2 is 1.97 bits per heavy atom. The minimum absolute atomic E-state index is 0.223. The molecule has 0 unspecified atom stereocenters. The Kier molecular flexibility index (Phi) is 7.03. The van der Waals surface area contributed by atoms with Gasteiger partial charge < -0.3 is 14.6 Å². The molecule has 0 radical (unpaired) electrons. The molecule has 1 heterocycles. The number of benzene rings is 3. The topological polar surface area (TPSA) is 101 Å². The second-order valence-corrected chi connectivity index (χ2v) is 8.12. The summed E-state index contributed by atoms with van der Waals surface area (Å²) < 4.78 is 11.0. The van der Waals surface area contributed by atoms with E-state index >= 15 is 0 Å². The van der Waals surface area contributed by atoms with Gasteiger partial charge in [-0.1, -0.05) is 35.5 Å². The van der Waals surface area contributed by atoms with Crippen molar-refractivity contribution in [1.29, 1.82) is 5.26 Å². The lowest BCUT2D eigenvalue weighted by Crippen LogP contribution is -2.13. The summed E-state index contributed by atoms with van der Waals surface area (Å²) in [5, 5.41) is 15.8. The van der Waals surface area contributed by atoms with Crippen molar-refractivity contribution >= 4 is 23.4 Å². The SMILES string of the molecule is Cc1noc(CSc2ccccc2C(=O)Nc2cccc(OCc3cccc(C#N)c3)c2)n1. The van der Waals surface area contributed by atoms with Crippen LogP contribution in [0, 0.1) is 18.3 Å². The molecule has 0 bridgehead atoms. The Labute approximate surface area is 195 Å². The summed E-state index contributed by atoms with van der Waals surface area (Å²) in [7, 11) is 0. The molecule has 8 heteroatoms. The van der Waals surface area contributed by atoms with Gasteiger partial charge in [0.25, 0.3) is 5.91 Å². The first-order valence-corrected chi connectivity index (χ1v) is 11.1. The van der Waals surface area contributed by atoms with E-state index in [0.717, 1.165) is 10.5 Å². The van der Waals surface area contributed by atoms with E-state index in [2.05, 4.69) is 21.5 Å². The van der Waals surface area contributed by atoms with Crippen LogP contribution in [0.3, 0.4) is 0 Å². The van der Waals surface area contributed by atoms with Crippen molar-refractivity contribution in [2.75, 3.05) is 5.32 Å². The van der Waals surface area contributed by atoms with Crippen LogP contribution in [-0.4, -0.2) is 16.0 Å². The summed E-state index contributed by atoms with van der Waals surface area (Å²) in [6, 6.07) is 24.0. The number of ether oxygens (including phenoxy) is 1. The number of aromatic nitrogens is 2. The highest BCUT2D eigenvalue weighted by molar-refractivity contribution is 7.98. The van der Waals surface area contributed by atoms with E-state index < -0.39 is 0 Å². The summed E-state index contributed by atoms with van der Waals surface area (Å²) in [4.78, 5) is 18.0. The zero-order chi connectivity index (χ0) is 23.0. The first-order valence-electron chi connectivity index (χ1n) is 10.1. The number of thioether (sulfide) groups is 1. The number of carbonyl (C=O) groups excluding carboxylic acids is 1. The molecule has 33 heavy (non-hydrogen) atoms. The molecule has 7 nitrogen and oxygen atoms in total. The van der Waals surface area contributed by atoms with Crippen molar-refractivity contribution in [3.63, 3.8) is 0 Å². The first-order chi connectivity index (χ1) is 16.1. The smallest absolute Gasteiger partial charge is 0.256 e. The third-order valence-corrected chi connectivity index (χ3v) is 5.66. The predicted molar refractivity (Wildman–Crippen MR) is 125 cm³/mol. The molecular weight excluding hydrogens is 436 g/mol. The highest BCUT2D eigenvalue weighted by Gasteiger charge is 2.13. The van der Waals surface area contributed by atoms with Gasteiger partial charge in [-0.2, -0.15) is 10.2 Å². The van der Waals surface area contributed by atoms with Gasteiger partial charge in [-0.15, -0.1) is 11.8 Å². The number of amides is 1. The van der Waals surface area contributed by atoms with Crippen LogP contribution in [0.4, 0.5) is 5.69 Å². The standard InChI is InChI=1S/C25H20N4O3S/c1-17-27-24(32-29-17)16-33-23-11-3-2-10-22(23)25(30)28-20-8-5-9-21(13-20)31-15-19-7-4-6-18(12-19)14-26/h2-13H,15-16H2,1H3,(H,28,30). The zero-order valence-electron chi connectivity index (χ0n) is 17.8. The van der Waals surface area contributed by atoms with Crippen LogP contribution in [0.2, 0.25) is 0 Å². The van der Waals surface area contributed by atoms with Crippen molar-refractivity contribution in [1.82, 2.24) is 10.1 Å². The molecule has 1 amide bonds. The summed E-state index contributed by atoms with van der Waals surface area (Å²) in [6.07, 6.45) is 0. The number of aryl methyl sites for hydroxylation is 1. The van der Waals surface area contributed by atoms with Crippen molar-refractivity contribution < 1.29 is 14.1 Å². The van der Waals surface area contributed by atoms with Crippen molar-refractivity contribution in [3.8, 4) is 11.8 Å². The van der Waals surface area contributed by atoms with Crippen molar-refractivity contribution in [2.45, 2.75) is 24.2 Å².